The summed E-state index contributed by atoms with van der Waals surface area (Å²) in [7, 11) is 0. The van der Waals surface area contributed by atoms with Crippen molar-refractivity contribution in [1.82, 2.24) is 10.2 Å². The number of carboxylic acid groups (broad SMARTS) is 1. The van der Waals surface area contributed by atoms with Crippen molar-refractivity contribution < 1.29 is 19.1 Å². The van der Waals surface area contributed by atoms with Crippen LogP contribution in [0.4, 0.5) is 0 Å². The zero-order valence-corrected chi connectivity index (χ0v) is 11.4. The molecule has 6 nitrogen and oxygen atoms in total. The Kier molecular flexibility index (Phi) is 4.19. The van der Waals surface area contributed by atoms with Crippen LogP contribution >= 0.6 is 0 Å². The minimum absolute atomic E-state index is 0.0740. The summed E-state index contributed by atoms with van der Waals surface area (Å²) in [5.74, 6) is 0.177. The summed E-state index contributed by atoms with van der Waals surface area (Å²) in [6.45, 7) is 4.48. The first-order valence-corrected chi connectivity index (χ1v) is 6.62. The summed E-state index contributed by atoms with van der Waals surface area (Å²) in [5.41, 5.74) is -0.400. The second kappa shape index (κ2) is 5.69. The molecule has 0 aromatic carbocycles. The molecular weight excluding hydrogens is 248 g/mol. The lowest BCUT2D eigenvalue weighted by Gasteiger charge is -2.20. The maximum atomic E-state index is 10.8. The van der Waals surface area contributed by atoms with Crippen LogP contribution in [0.1, 0.15) is 57.4 Å². The van der Waals surface area contributed by atoms with E-state index in [9.17, 15) is 4.79 Å². The van der Waals surface area contributed by atoms with E-state index in [0.29, 0.717) is 18.2 Å². The number of hydrogen-bond acceptors (Lipinski definition) is 5. The van der Waals surface area contributed by atoms with Crippen LogP contribution in [0.5, 0.6) is 0 Å². The smallest absolute Gasteiger partial charge is 0.303 e. The van der Waals surface area contributed by atoms with Crippen molar-refractivity contribution in [2.45, 2.75) is 52.1 Å². The van der Waals surface area contributed by atoms with Gasteiger partial charge in [-0.25, -0.2) is 0 Å². The monoisotopic (exact) mass is 268 g/mol. The van der Waals surface area contributed by atoms with E-state index in [-0.39, 0.29) is 12.5 Å². The van der Waals surface area contributed by atoms with E-state index < -0.39 is 11.4 Å². The number of rotatable bonds is 5. The molecule has 1 aliphatic rings. The highest BCUT2D eigenvalue weighted by atomic mass is 16.5. The van der Waals surface area contributed by atoms with Gasteiger partial charge in [0, 0.05) is 13.0 Å². The number of nitrogens with zero attached hydrogens (tertiary/aromatic N) is 2. The van der Waals surface area contributed by atoms with E-state index in [2.05, 4.69) is 10.2 Å². The average molecular weight is 268 g/mol. The van der Waals surface area contributed by atoms with Crippen molar-refractivity contribution in [3.8, 4) is 0 Å². The summed E-state index contributed by atoms with van der Waals surface area (Å²) in [4.78, 5) is 10.8. The first kappa shape index (κ1) is 14.0. The Hall–Kier alpha value is -1.43. The Bertz CT molecular complexity index is 436. The molecule has 0 radical (unpaired) electrons. The predicted molar refractivity (Wildman–Crippen MR) is 66.6 cm³/mol. The lowest BCUT2D eigenvalue weighted by molar-refractivity contribution is -0.139. The molecule has 6 heteroatoms. The van der Waals surface area contributed by atoms with Crippen molar-refractivity contribution in [2.75, 3.05) is 6.61 Å². The van der Waals surface area contributed by atoms with Gasteiger partial charge in [0.1, 0.15) is 6.10 Å². The minimum atomic E-state index is -0.819. The Labute approximate surface area is 112 Å². The first-order valence-electron chi connectivity index (χ1n) is 6.62. The molecule has 0 bridgehead atoms. The molecule has 2 heterocycles. The number of aliphatic carboxylic acids is 1. The molecule has 1 aliphatic heterocycles. The van der Waals surface area contributed by atoms with Gasteiger partial charge < -0.3 is 14.3 Å². The zero-order chi connectivity index (χ0) is 13.9. The molecule has 106 valence electrons. The Balaban J connectivity index is 1.98. The van der Waals surface area contributed by atoms with Crippen molar-refractivity contribution in [3.05, 3.63) is 11.8 Å². The first-order chi connectivity index (χ1) is 8.96. The van der Waals surface area contributed by atoms with E-state index in [4.69, 9.17) is 14.3 Å². The van der Waals surface area contributed by atoms with E-state index in [0.717, 1.165) is 25.9 Å². The van der Waals surface area contributed by atoms with Crippen LogP contribution in [0.3, 0.4) is 0 Å². The van der Waals surface area contributed by atoms with Crippen LogP contribution in [-0.4, -0.2) is 27.9 Å². The van der Waals surface area contributed by atoms with Crippen molar-refractivity contribution in [1.29, 1.82) is 0 Å². The molecule has 1 atom stereocenters. The molecule has 0 saturated carbocycles. The Morgan fingerprint density at radius 2 is 2.21 bits per heavy atom. The normalized spacial score (nSPS) is 20.4. The van der Waals surface area contributed by atoms with Crippen molar-refractivity contribution in [2.24, 2.45) is 5.41 Å². The van der Waals surface area contributed by atoms with Crippen molar-refractivity contribution in [3.63, 3.8) is 0 Å². The van der Waals surface area contributed by atoms with Gasteiger partial charge in [0.2, 0.25) is 11.8 Å². The third-order valence-corrected chi connectivity index (χ3v) is 3.20. The lowest BCUT2D eigenvalue weighted by atomic mass is 9.86. The van der Waals surface area contributed by atoms with Gasteiger partial charge in [0.25, 0.3) is 0 Å². The number of hydrogen-bond donors (Lipinski definition) is 1. The number of carbonyl (C=O) groups is 1. The van der Waals surface area contributed by atoms with Gasteiger partial charge in [-0.2, -0.15) is 0 Å². The second-order valence-corrected chi connectivity index (χ2v) is 5.80. The van der Waals surface area contributed by atoms with Crippen LogP contribution in [0.2, 0.25) is 0 Å². The second-order valence-electron chi connectivity index (χ2n) is 5.80. The predicted octanol–water partition coefficient (Wildman–Crippen LogP) is 2.35. The van der Waals surface area contributed by atoms with Crippen LogP contribution in [0.25, 0.3) is 0 Å². The number of carboxylic acids is 1. The third kappa shape index (κ3) is 4.02. The van der Waals surface area contributed by atoms with Gasteiger partial charge in [0.15, 0.2) is 0 Å². The SMILES string of the molecule is CC(C)(CC(=O)O)Cc1nnc(C2CCCCO2)o1. The highest BCUT2D eigenvalue weighted by Gasteiger charge is 2.27. The third-order valence-electron chi connectivity index (χ3n) is 3.20. The highest BCUT2D eigenvalue weighted by Crippen LogP contribution is 2.29. The highest BCUT2D eigenvalue weighted by molar-refractivity contribution is 5.67. The summed E-state index contributed by atoms with van der Waals surface area (Å²) >= 11 is 0. The standard InChI is InChI=1S/C13H20N2O4/c1-13(2,8-11(16)17)7-10-14-15-12(19-10)9-5-3-4-6-18-9/h9H,3-8H2,1-2H3,(H,16,17). The molecule has 1 aromatic heterocycles. The lowest BCUT2D eigenvalue weighted by Crippen LogP contribution is -2.19. The Morgan fingerprint density at radius 3 is 2.84 bits per heavy atom. The summed E-state index contributed by atoms with van der Waals surface area (Å²) in [5, 5.41) is 16.9. The topological polar surface area (TPSA) is 85.5 Å². The van der Waals surface area contributed by atoms with E-state index in [1.807, 2.05) is 13.8 Å². The fourth-order valence-electron chi connectivity index (χ4n) is 2.28. The molecule has 1 N–H and O–H groups in total. The molecule has 1 fully saturated rings. The van der Waals surface area contributed by atoms with Gasteiger partial charge >= 0.3 is 5.97 Å². The fourth-order valence-corrected chi connectivity index (χ4v) is 2.28. The van der Waals surface area contributed by atoms with E-state index >= 15 is 0 Å². The number of aromatic nitrogens is 2. The molecule has 0 spiro atoms. The molecule has 1 unspecified atom stereocenters. The van der Waals surface area contributed by atoms with Crippen LogP contribution in [0.15, 0.2) is 4.42 Å². The minimum Gasteiger partial charge on any atom is -0.481 e. The van der Waals surface area contributed by atoms with E-state index in [1.54, 1.807) is 0 Å². The van der Waals surface area contributed by atoms with Gasteiger partial charge in [-0.15, -0.1) is 10.2 Å². The molecule has 0 amide bonds. The molecule has 1 saturated heterocycles. The molecule has 1 aromatic rings. The maximum absolute atomic E-state index is 10.8. The average Bonchev–Trinajstić information content (AvgIpc) is 2.76. The van der Waals surface area contributed by atoms with Gasteiger partial charge in [0.05, 0.1) is 6.42 Å². The number of ether oxygens (including phenoxy) is 1. The summed E-state index contributed by atoms with van der Waals surface area (Å²) < 4.78 is 11.2. The summed E-state index contributed by atoms with van der Waals surface area (Å²) in [6.07, 6.45) is 3.51. The van der Waals surface area contributed by atoms with E-state index in [1.165, 1.54) is 0 Å². The maximum Gasteiger partial charge on any atom is 0.303 e. The van der Waals surface area contributed by atoms with Crippen LogP contribution in [0, 0.1) is 5.41 Å². The molecule has 2 rings (SSSR count). The van der Waals surface area contributed by atoms with Crippen LogP contribution in [-0.2, 0) is 16.0 Å². The molecule has 0 aliphatic carbocycles. The van der Waals surface area contributed by atoms with Gasteiger partial charge in [-0.05, 0) is 24.7 Å². The largest absolute Gasteiger partial charge is 0.481 e. The summed E-state index contributed by atoms with van der Waals surface area (Å²) in [6, 6.07) is 0. The zero-order valence-electron chi connectivity index (χ0n) is 11.4. The molecular formula is C13H20N2O4. The Morgan fingerprint density at radius 1 is 1.42 bits per heavy atom. The van der Waals surface area contributed by atoms with Crippen molar-refractivity contribution >= 4 is 5.97 Å². The molecule has 19 heavy (non-hydrogen) atoms. The fraction of sp³-hybridized carbons (Fsp3) is 0.769. The van der Waals surface area contributed by atoms with Gasteiger partial charge in [-0.3, -0.25) is 4.79 Å². The quantitative estimate of drug-likeness (QED) is 0.882. The van der Waals surface area contributed by atoms with Crippen LogP contribution < -0.4 is 0 Å². The van der Waals surface area contributed by atoms with Gasteiger partial charge in [-0.1, -0.05) is 13.8 Å².